The Morgan fingerprint density at radius 2 is 2.02 bits per heavy atom. The molecule has 2 atom stereocenters. The average molecular weight is 573 g/mol. The summed E-state index contributed by atoms with van der Waals surface area (Å²) in [6.07, 6.45) is 1.94. The number of alkyl halides is 3. The third kappa shape index (κ3) is 6.21. The normalized spacial score (nSPS) is 20.3. The van der Waals surface area contributed by atoms with Gasteiger partial charge in [-0.05, 0) is 51.3 Å². The first-order valence-electron chi connectivity index (χ1n) is 13.9. The number of aromatic nitrogens is 3. The fourth-order valence-corrected chi connectivity index (χ4v) is 6.77. The Kier molecular flexibility index (Phi) is 8.53. The number of hydrogen-bond donors (Lipinski definition) is 1. The van der Waals surface area contributed by atoms with Gasteiger partial charge in [0.25, 0.3) is 0 Å². The molecule has 214 valence electrons. The molecule has 2 fully saturated rings. The molecule has 4 heterocycles. The number of Topliss-reactive ketones (excluding diaryl/α,β-unsaturated/α-hetero) is 1. The van der Waals surface area contributed by atoms with Crippen LogP contribution in [-0.2, 0) is 19.1 Å². The molecule has 11 heteroatoms. The number of likely N-dealkylation sites (tertiary alicyclic amines) is 1. The molecule has 0 spiro atoms. The van der Waals surface area contributed by atoms with E-state index in [-0.39, 0.29) is 29.5 Å². The number of anilines is 1. The van der Waals surface area contributed by atoms with E-state index in [0.29, 0.717) is 28.9 Å². The Morgan fingerprint density at radius 3 is 2.73 bits per heavy atom. The smallest absolute Gasteiger partial charge is 0.350 e. The summed E-state index contributed by atoms with van der Waals surface area (Å²) in [5.41, 5.74) is 0.707. The van der Waals surface area contributed by atoms with Crippen molar-refractivity contribution in [2.24, 2.45) is 0 Å². The molecule has 0 aliphatic carbocycles. The van der Waals surface area contributed by atoms with Crippen LogP contribution in [0.25, 0.3) is 11.3 Å². The van der Waals surface area contributed by atoms with Crippen molar-refractivity contribution in [3.8, 4) is 11.3 Å². The summed E-state index contributed by atoms with van der Waals surface area (Å²) in [7, 11) is 0. The Morgan fingerprint density at radius 1 is 1.20 bits per heavy atom. The number of halogens is 3. The van der Waals surface area contributed by atoms with Crippen LogP contribution in [0.3, 0.4) is 0 Å². The maximum absolute atomic E-state index is 13.7. The molecule has 0 saturated carbocycles. The SMILES string of the molecule is CC[C@@H]1CCCN1Cc1sc(CC(=O)c2cnc(N3CCNC[C@H]3C)cn2)nc1-c1ccc(C)c(C(F)(F)F)c1. The van der Waals surface area contributed by atoms with Crippen molar-refractivity contribution in [3.05, 3.63) is 57.3 Å². The average Bonchev–Trinajstić information content (AvgIpc) is 3.55. The first-order chi connectivity index (χ1) is 19.1. The van der Waals surface area contributed by atoms with Gasteiger partial charge in [0.2, 0.25) is 0 Å². The van der Waals surface area contributed by atoms with Crippen LogP contribution in [0.5, 0.6) is 0 Å². The number of carbonyl (C=O) groups is 1. The van der Waals surface area contributed by atoms with E-state index >= 15 is 0 Å². The van der Waals surface area contributed by atoms with E-state index in [1.165, 1.54) is 36.6 Å². The standard InChI is InChI=1S/C29H35F3N6OS/c1-4-21-6-5-10-37(21)17-25-28(20-8-7-18(2)22(12-20)29(30,31)32)36-27(40-25)13-24(39)23-15-35-26(16-34-23)38-11-9-33-14-19(38)3/h7-8,12,15-16,19,21,33H,4-6,9-11,13-14,17H2,1-3H3/t19-,21-/m1/s1. The third-order valence-corrected chi connectivity index (χ3v) is 8.95. The maximum Gasteiger partial charge on any atom is 0.416 e. The van der Waals surface area contributed by atoms with Crippen molar-refractivity contribution in [1.82, 2.24) is 25.2 Å². The molecule has 5 rings (SSSR count). The minimum atomic E-state index is -4.45. The zero-order chi connectivity index (χ0) is 28.4. The van der Waals surface area contributed by atoms with Crippen LogP contribution in [0.1, 0.15) is 64.6 Å². The number of benzene rings is 1. The summed E-state index contributed by atoms with van der Waals surface area (Å²) >= 11 is 1.40. The van der Waals surface area contributed by atoms with E-state index in [4.69, 9.17) is 4.98 Å². The number of aryl methyl sites for hydroxylation is 1. The van der Waals surface area contributed by atoms with Crippen molar-refractivity contribution >= 4 is 22.9 Å². The van der Waals surface area contributed by atoms with Gasteiger partial charge >= 0.3 is 6.18 Å². The van der Waals surface area contributed by atoms with E-state index in [2.05, 4.69) is 38.9 Å². The highest BCUT2D eigenvalue weighted by molar-refractivity contribution is 7.12. The van der Waals surface area contributed by atoms with Crippen molar-refractivity contribution in [2.75, 3.05) is 31.1 Å². The number of piperazine rings is 1. The lowest BCUT2D eigenvalue weighted by molar-refractivity contribution is -0.138. The third-order valence-electron chi connectivity index (χ3n) is 7.91. The molecule has 0 bridgehead atoms. The Balaban J connectivity index is 1.41. The summed E-state index contributed by atoms with van der Waals surface area (Å²) in [6, 6.07) is 5.09. The van der Waals surface area contributed by atoms with Crippen molar-refractivity contribution in [2.45, 2.75) is 71.3 Å². The Hall–Kier alpha value is -2.89. The number of rotatable bonds is 8. The monoisotopic (exact) mass is 572 g/mol. The van der Waals surface area contributed by atoms with Gasteiger partial charge in [0, 0.05) is 48.7 Å². The first-order valence-corrected chi connectivity index (χ1v) is 14.7. The number of thiazole rings is 1. The Bertz CT molecular complexity index is 1340. The van der Waals surface area contributed by atoms with Crippen LogP contribution in [-0.4, -0.2) is 63.9 Å². The second kappa shape index (κ2) is 11.9. The van der Waals surface area contributed by atoms with Gasteiger partial charge in [-0.15, -0.1) is 11.3 Å². The molecule has 0 unspecified atom stereocenters. The highest BCUT2D eigenvalue weighted by Crippen LogP contribution is 2.37. The van der Waals surface area contributed by atoms with Crippen LogP contribution in [0.2, 0.25) is 0 Å². The van der Waals surface area contributed by atoms with Gasteiger partial charge in [-0.1, -0.05) is 19.1 Å². The highest BCUT2D eigenvalue weighted by atomic mass is 32.1. The molecule has 3 aromatic rings. The predicted octanol–water partition coefficient (Wildman–Crippen LogP) is 5.53. The summed E-state index contributed by atoms with van der Waals surface area (Å²) < 4.78 is 41.1. The van der Waals surface area contributed by atoms with Crippen LogP contribution < -0.4 is 10.2 Å². The second-order valence-corrected chi connectivity index (χ2v) is 11.9. The van der Waals surface area contributed by atoms with Crippen LogP contribution in [0.4, 0.5) is 19.0 Å². The van der Waals surface area contributed by atoms with Gasteiger partial charge < -0.3 is 10.2 Å². The molecule has 1 aromatic carbocycles. The lowest BCUT2D eigenvalue weighted by Crippen LogP contribution is -2.50. The zero-order valence-corrected chi connectivity index (χ0v) is 23.9. The minimum Gasteiger partial charge on any atom is -0.350 e. The number of hydrogen-bond acceptors (Lipinski definition) is 8. The Labute approximate surface area is 236 Å². The molecule has 0 amide bonds. The molecule has 2 aliphatic heterocycles. The van der Waals surface area contributed by atoms with E-state index in [9.17, 15) is 18.0 Å². The molecule has 2 aromatic heterocycles. The van der Waals surface area contributed by atoms with Crippen molar-refractivity contribution in [3.63, 3.8) is 0 Å². The van der Waals surface area contributed by atoms with E-state index in [1.54, 1.807) is 12.3 Å². The molecule has 7 nitrogen and oxygen atoms in total. The molecular weight excluding hydrogens is 537 g/mol. The topological polar surface area (TPSA) is 74.2 Å². The van der Waals surface area contributed by atoms with E-state index in [1.807, 2.05) is 0 Å². The van der Waals surface area contributed by atoms with Gasteiger partial charge in [0.15, 0.2) is 5.78 Å². The lowest BCUT2D eigenvalue weighted by Gasteiger charge is -2.34. The number of carbonyl (C=O) groups excluding carboxylic acids is 1. The molecular formula is C29H35F3N6OS. The van der Waals surface area contributed by atoms with Gasteiger partial charge in [0.05, 0.1) is 30.1 Å². The number of nitrogens with one attached hydrogen (secondary N) is 1. The van der Waals surface area contributed by atoms with Gasteiger partial charge in [-0.25, -0.2) is 15.0 Å². The lowest BCUT2D eigenvalue weighted by atomic mass is 10.0. The van der Waals surface area contributed by atoms with Crippen LogP contribution in [0.15, 0.2) is 30.6 Å². The molecule has 40 heavy (non-hydrogen) atoms. The quantitative estimate of drug-likeness (QED) is 0.356. The fraction of sp³-hybridized carbons (Fsp3) is 0.517. The molecule has 2 aliphatic rings. The van der Waals surface area contributed by atoms with E-state index < -0.39 is 11.7 Å². The van der Waals surface area contributed by atoms with Crippen LogP contribution in [0, 0.1) is 6.92 Å². The first kappa shape index (κ1) is 28.6. The number of nitrogens with zero attached hydrogens (tertiary/aromatic N) is 5. The van der Waals surface area contributed by atoms with Crippen molar-refractivity contribution in [1.29, 1.82) is 0 Å². The van der Waals surface area contributed by atoms with E-state index in [0.717, 1.165) is 56.1 Å². The number of ketones is 1. The van der Waals surface area contributed by atoms with Gasteiger partial charge in [0.1, 0.15) is 16.5 Å². The zero-order valence-electron chi connectivity index (χ0n) is 23.1. The largest absolute Gasteiger partial charge is 0.416 e. The molecule has 0 radical (unpaired) electrons. The van der Waals surface area contributed by atoms with Gasteiger partial charge in [-0.2, -0.15) is 13.2 Å². The fourth-order valence-electron chi connectivity index (χ4n) is 5.66. The minimum absolute atomic E-state index is 0.0188. The molecule has 2 saturated heterocycles. The maximum atomic E-state index is 13.7. The summed E-state index contributed by atoms with van der Waals surface area (Å²) in [4.78, 5) is 32.2. The summed E-state index contributed by atoms with van der Waals surface area (Å²) in [5, 5.41) is 3.91. The summed E-state index contributed by atoms with van der Waals surface area (Å²) in [5.74, 6) is 0.520. The molecule has 1 N–H and O–H groups in total. The van der Waals surface area contributed by atoms with Crippen LogP contribution >= 0.6 is 11.3 Å². The van der Waals surface area contributed by atoms with Gasteiger partial charge in [-0.3, -0.25) is 9.69 Å². The summed E-state index contributed by atoms with van der Waals surface area (Å²) in [6.45, 7) is 9.82. The van der Waals surface area contributed by atoms with Crippen molar-refractivity contribution < 1.29 is 18.0 Å². The predicted molar refractivity (Wildman–Crippen MR) is 151 cm³/mol. The second-order valence-electron chi connectivity index (χ2n) is 10.7. The highest BCUT2D eigenvalue weighted by Gasteiger charge is 2.33.